The highest BCUT2D eigenvalue weighted by Crippen LogP contribution is 2.27. The molecule has 3 aromatic heterocycles. The predicted molar refractivity (Wildman–Crippen MR) is 107 cm³/mol. The fourth-order valence-corrected chi connectivity index (χ4v) is 3.41. The van der Waals surface area contributed by atoms with Crippen LogP contribution in [0.4, 0.5) is 0 Å². The third-order valence-electron chi connectivity index (χ3n) is 4.72. The van der Waals surface area contributed by atoms with Gasteiger partial charge in [-0.3, -0.25) is 4.40 Å². The SMILES string of the molecule is COc1ccc(-c2nnc3c4cnn(-c5cc(Cl)ccc5C)c4ncn23)cc1. The maximum absolute atomic E-state index is 6.18. The van der Waals surface area contributed by atoms with Gasteiger partial charge < -0.3 is 4.74 Å². The van der Waals surface area contributed by atoms with Crippen molar-refractivity contribution in [1.82, 2.24) is 29.4 Å². The number of nitrogens with zero attached hydrogens (tertiary/aromatic N) is 6. The van der Waals surface area contributed by atoms with E-state index >= 15 is 0 Å². The molecule has 0 unspecified atom stereocenters. The van der Waals surface area contributed by atoms with Crippen molar-refractivity contribution in [3.8, 4) is 22.8 Å². The third-order valence-corrected chi connectivity index (χ3v) is 4.96. The summed E-state index contributed by atoms with van der Waals surface area (Å²) in [5.74, 6) is 1.50. The molecule has 0 N–H and O–H groups in total. The predicted octanol–water partition coefficient (Wildman–Crippen LogP) is 4.10. The third kappa shape index (κ3) is 2.51. The van der Waals surface area contributed by atoms with Gasteiger partial charge in [0, 0.05) is 10.6 Å². The Kier molecular flexibility index (Phi) is 3.77. The van der Waals surface area contributed by atoms with Crippen LogP contribution in [0.1, 0.15) is 5.56 Å². The molecule has 28 heavy (non-hydrogen) atoms. The van der Waals surface area contributed by atoms with Crippen molar-refractivity contribution in [2.24, 2.45) is 0 Å². The zero-order valence-electron chi connectivity index (χ0n) is 15.2. The lowest BCUT2D eigenvalue weighted by atomic mass is 10.2. The van der Waals surface area contributed by atoms with Gasteiger partial charge in [-0.25, -0.2) is 9.67 Å². The van der Waals surface area contributed by atoms with Gasteiger partial charge in [0.1, 0.15) is 12.1 Å². The first kappa shape index (κ1) is 16.7. The smallest absolute Gasteiger partial charge is 0.175 e. The van der Waals surface area contributed by atoms with Crippen molar-refractivity contribution >= 4 is 28.3 Å². The lowest BCUT2D eigenvalue weighted by Crippen LogP contribution is -2.01. The van der Waals surface area contributed by atoms with Crippen molar-refractivity contribution < 1.29 is 4.74 Å². The molecule has 5 aromatic rings. The van der Waals surface area contributed by atoms with Gasteiger partial charge >= 0.3 is 0 Å². The summed E-state index contributed by atoms with van der Waals surface area (Å²) in [7, 11) is 1.64. The van der Waals surface area contributed by atoms with Crippen LogP contribution in [0.3, 0.4) is 0 Å². The molecular formula is C20H15ClN6O. The molecule has 0 aliphatic carbocycles. The summed E-state index contributed by atoms with van der Waals surface area (Å²) in [6, 6.07) is 13.4. The molecule has 0 aliphatic heterocycles. The van der Waals surface area contributed by atoms with E-state index in [0.29, 0.717) is 22.1 Å². The van der Waals surface area contributed by atoms with E-state index in [9.17, 15) is 0 Å². The normalized spacial score (nSPS) is 11.4. The Bertz CT molecular complexity index is 1320. The maximum atomic E-state index is 6.18. The van der Waals surface area contributed by atoms with Crippen LogP contribution in [0, 0.1) is 6.92 Å². The van der Waals surface area contributed by atoms with Crippen LogP contribution >= 0.6 is 11.6 Å². The van der Waals surface area contributed by atoms with Gasteiger partial charge in [-0.1, -0.05) is 17.7 Å². The van der Waals surface area contributed by atoms with Gasteiger partial charge in [0.05, 0.1) is 24.4 Å². The molecule has 0 fully saturated rings. The van der Waals surface area contributed by atoms with Crippen molar-refractivity contribution in [3.05, 3.63) is 65.6 Å². The number of ether oxygens (including phenoxy) is 1. The minimum Gasteiger partial charge on any atom is -0.497 e. The molecule has 2 aromatic carbocycles. The average Bonchev–Trinajstić information content (AvgIpc) is 3.34. The Morgan fingerprint density at radius 3 is 2.61 bits per heavy atom. The van der Waals surface area contributed by atoms with E-state index in [2.05, 4.69) is 20.3 Å². The van der Waals surface area contributed by atoms with Crippen LogP contribution in [0.5, 0.6) is 5.75 Å². The van der Waals surface area contributed by atoms with E-state index in [1.165, 1.54) is 0 Å². The van der Waals surface area contributed by atoms with Crippen molar-refractivity contribution in [3.63, 3.8) is 0 Å². The molecule has 5 rings (SSSR count). The van der Waals surface area contributed by atoms with Crippen molar-refractivity contribution in [1.29, 1.82) is 0 Å². The molecule has 3 heterocycles. The highest BCUT2D eigenvalue weighted by molar-refractivity contribution is 6.30. The zero-order valence-corrected chi connectivity index (χ0v) is 15.9. The second kappa shape index (κ2) is 6.31. The number of rotatable bonds is 3. The van der Waals surface area contributed by atoms with E-state index in [0.717, 1.165) is 28.0 Å². The summed E-state index contributed by atoms with van der Waals surface area (Å²) in [6.07, 6.45) is 3.47. The summed E-state index contributed by atoms with van der Waals surface area (Å²) < 4.78 is 8.86. The fraction of sp³-hybridized carbons (Fsp3) is 0.100. The number of benzene rings is 2. The standard InChI is InChI=1S/C20H15ClN6O/c1-12-3-6-14(21)9-17(12)27-19-16(10-23-27)20-25-24-18(26(20)11-22-19)13-4-7-15(28-2)8-5-13/h3-11H,1-2H3. The van der Waals surface area contributed by atoms with Crippen LogP contribution in [0.25, 0.3) is 33.8 Å². The first-order valence-corrected chi connectivity index (χ1v) is 9.02. The molecule has 0 saturated carbocycles. The summed E-state index contributed by atoms with van der Waals surface area (Å²) in [4.78, 5) is 4.62. The molecule has 138 valence electrons. The first-order valence-electron chi connectivity index (χ1n) is 8.64. The number of aromatic nitrogens is 6. The Morgan fingerprint density at radius 1 is 1.00 bits per heavy atom. The summed E-state index contributed by atoms with van der Waals surface area (Å²) in [6.45, 7) is 2.01. The van der Waals surface area contributed by atoms with E-state index in [4.69, 9.17) is 16.3 Å². The van der Waals surface area contributed by atoms with Gasteiger partial charge in [0.15, 0.2) is 17.1 Å². The second-order valence-electron chi connectivity index (χ2n) is 6.41. The quantitative estimate of drug-likeness (QED) is 0.464. The number of fused-ring (bicyclic) bond motifs is 3. The van der Waals surface area contributed by atoms with E-state index in [-0.39, 0.29) is 0 Å². The largest absolute Gasteiger partial charge is 0.497 e. The number of hydrogen-bond donors (Lipinski definition) is 0. The van der Waals surface area contributed by atoms with Crippen LogP contribution in [-0.2, 0) is 0 Å². The molecule has 7 nitrogen and oxygen atoms in total. The summed E-state index contributed by atoms with van der Waals surface area (Å²) in [5, 5.41) is 14.7. The van der Waals surface area contributed by atoms with Crippen LogP contribution < -0.4 is 4.74 Å². The number of hydrogen-bond acceptors (Lipinski definition) is 5. The monoisotopic (exact) mass is 390 g/mol. The van der Waals surface area contributed by atoms with Gasteiger partial charge in [0.2, 0.25) is 0 Å². The van der Waals surface area contributed by atoms with Crippen LogP contribution in [0.2, 0.25) is 5.02 Å². The minimum absolute atomic E-state index is 0.648. The van der Waals surface area contributed by atoms with E-state index < -0.39 is 0 Å². The maximum Gasteiger partial charge on any atom is 0.175 e. The molecule has 0 spiro atoms. The second-order valence-corrected chi connectivity index (χ2v) is 6.85. The molecule has 0 radical (unpaired) electrons. The van der Waals surface area contributed by atoms with E-state index in [1.54, 1.807) is 24.3 Å². The molecule has 0 aliphatic rings. The number of methoxy groups -OCH3 is 1. The molecule has 0 amide bonds. The topological polar surface area (TPSA) is 70.1 Å². The van der Waals surface area contributed by atoms with Crippen molar-refractivity contribution in [2.75, 3.05) is 7.11 Å². The van der Waals surface area contributed by atoms with E-state index in [1.807, 2.05) is 53.8 Å². The summed E-state index contributed by atoms with van der Waals surface area (Å²) >= 11 is 6.18. The van der Waals surface area contributed by atoms with Crippen molar-refractivity contribution in [2.45, 2.75) is 6.92 Å². The number of halogens is 1. The first-order chi connectivity index (χ1) is 13.7. The lowest BCUT2D eigenvalue weighted by molar-refractivity contribution is 0.415. The average molecular weight is 391 g/mol. The summed E-state index contributed by atoms with van der Waals surface area (Å²) in [5.41, 5.74) is 4.26. The highest BCUT2D eigenvalue weighted by atomic mass is 35.5. The Hall–Kier alpha value is -3.45. The molecule has 0 saturated heterocycles. The molecule has 0 bridgehead atoms. The van der Waals surface area contributed by atoms with Gasteiger partial charge in [-0.05, 0) is 48.9 Å². The molecule has 8 heteroatoms. The zero-order chi connectivity index (χ0) is 19.3. The van der Waals surface area contributed by atoms with Crippen LogP contribution in [-0.4, -0.2) is 36.5 Å². The van der Waals surface area contributed by atoms with Gasteiger partial charge in [0.25, 0.3) is 0 Å². The van der Waals surface area contributed by atoms with Gasteiger partial charge in [-0.15, -0.1) is 10.2 Å². The molecule has 0 atom stereocenters. The Labute approximate surface area is 165 Å². The Balaban J connectivity index is 1.69. The van der Waals surface area contributed by atoms with Gasteiger partial charge in [-0.2, -0.15) is 5.10 Å². The molecular weight excluding hydrogens is 376 g/mol. The minimum atomic E-state index is 0.648. The van der Waals surface area contributed by atoms with Crippen LogP contribution in [0.15, 0.2) is 55.0 Å². The lowest BCUT2D eigenvalue weighted by Gasteiger charge is -2.07. The highest BCUT2D eigenvalue weighted by Gasteiger charge is 2.16. The number of aryl methyl sites for hydroxylation is 1. The fourth-order valence-electron chi connectivity index (χ4n) is 3.24. The Morgan fingerprint density at radius 2 is 1.82 bits per heavy atom.